The van der Waals surface area contributed by atoms with Crippen LogP contribution in [0.2, 0.25) is 0 Å². The number of hydrogen-bond donors (Lipinski definition) is 1. The lowest BCUT2D eigenvalue weighted by atomic mass is 10.0. The summed E-state index contributed by atoms with van der Waals surface area (Å²) in [5.41, 5.74) is -0.133. The molecule has 0 saturated carbocycles. The van der Waals surface area contributed by atoms with Crippen molar-refractivity contribution in [3.05, 3.63) is 53.8 Å². The van der Waals surface area contributed by atoms with E-state index >= 15 is 0 Å². The van der Waals surface area contributed by atoms with Crippen LogP contribution in [-0.2, 0) is 42.9 Å². The summed E-state index contributed by atoms with van der Waals surface area (Å²) in [6, 6.07) is 8.54. The van der Waals surface area contributed by atoms with E-state index in [-0.39, 0.29) is 17.1 Å². The van der Waals surface area contributed by atoms with Crippen LogP contribution < -0.4 is 9.47 Å². The largest absolute Gasteiger partial charge is 0.507 e. The molecule has 3 rings (SSSR count). The normalized spacial score (nSPS) is 21.6. The molecule has 41 heavy (non-hydrogen) atoms. The van der Waals surface area contributed by atoms with Crippen molar-refractivity contribution in [1.82, 2.24) is 0 Å². The molecular weight excluding hydrogens is 551 g/mol. The number of carbonyl (C=O) groups excluding carboxylic acids is 5. The molecule has 0 spiro atoms. The molecule has 1 N–H and O–H groups in total. The second kappa shape index (κ2) is 13.6. The number of benzene rings is 2. The second-order valence-corrected chi connectivity index (χ2v) is 8.67. The van der Waals surface area contributed by atoms with Gasteiger partial charge in [0.05, 0.1) is 5.56 Å². The number of carbonyl (C=O) groups is 5. The molecule has 1 aliphatic rings. The van der Waals surface area contributed by atoms with E-state index in [1.54, 1.807) is 0 Å². The van der Waals surface area contributed by atoms with Crippen LogP contribution in [0.3, 0.4) is 0 Å². The quantitative estimate of drug-likeness (QED) is 0.247. The molecule has 0 bridgehead atoms. The first-order valence-corrected chi connectivity index (χ1v) is 12.1. The zero-order valence-corrected chi connectivity index (χ0v) is 22.4. The lowest BCUT2D eigenvalue weighted by Gasteiger charge is -2.43. The van der Waals surface area contributed by atoms with Gasteiger partial charge in [-0.25, -0.2) is 4.39 Å². The molecule has 1 fully saturated rings. The minimum Gasteiger partial charge on any atom is -0.507 e. The van der Waals surface area contributed by atoms with Gasteiger partial charge >= 0.3 is 23.9 Å². The average Bonchev–Trinajstić information content (AvgIpc) is 2.87. The Morgan fingerprint density at radius 1 is 0.732 bits per heavy atom. The van der Waals surface area contributed by atoms with Crippen molar-refractivity contribution in [2.75, 3.05) is 6.61 Å². The molecule has 1 saturated heterocycles. The van der Waals surface area contributed by atoms with Crippen molar-refractivity contribution in [2.45, 2.75) is 58.6 Å². The number of phenolic OH excluding ortho intramolecular Hbond substituents is 1. The van der Waals surface area contributed by atoms with Gasteiger partial charge < -0.3 is 33.5 Å². The summed E-state index contributed by atoms with van der Waals surface area (Å²) < 4.78 is 50.6. The van der Waals surface area contributed by atoms with Gasteiger partial charge in [0.1, 0.15) is 23.1 Å². The van der Waals surface area contributed by atoms with Crippen molar-refractivity contribution in [3.63, 3.8) is 0 Å². The van der Waals surface area contributed by atoms with E-state index in [1.165, 1.54) is 24.3 Å². The summed E-state index contributed by atoms with van der Waals surface area (Å²) in [4.78, 5) is 59.9. The fraction of sp³-hybridized carbons (Fsp3) is 0.370. The van der Waals surface area contributed by atoms with Gasteiger partial charge in [0, 0.05) is 33.8 Å². The van der Waals surface area contributed by atoms with E-state index in [2.05, 4.69) is 0 Å². The number of rotatable bonds is 10. The van der Waals surface area contributed by atoms with Crippen molar-refractivity contribution in [2.24, 2.45) is 0 Å². The molecule has 5 unspecified atom stereocenters. The Balaban J connectivity index is 1.85. The first-order chi connectivity index (χ1) is 19.3. The molecule has 13 nitrogen and oxygen atoms in total. The first kappa shape index (κ1) is 30.8. The van der Waals surface area contributed by atoms with E-state index in [0.29, 0.717) is 0 Å². The van der Waals surface area contributed by atoms with Gasteiger partial charge in [-0.05, 0) is 36.4 Å². The maximum atomic E-state index is 13.1. The number of ketones is 1. The summed E-state index contributed by atoms with van der Waals surface area (Å²) in [6.45, 7) is 3.74. The number of hydrogen-bond acceptors (Lipinski definition) is 13. The molecule has 0 aromatic heterocycles. The Hall–Kier alpha value is -4.72. The number of ether oxygens (including phenoxy) is 7. The lowest BCUT2D eigenvalue weighted by molar-refractivity contribution is -0.328. The average molecular weight is 578 g/mol. The predicted octanol–water partition coefficient (Wildman–Crippen LogP) is 2.21. The summed E-state index contributed by atoms with van der Waals surface area (Å²) in [5, 5.41) is 10.5. The Labute approximate surface area is 233 Å². The third kappa shape index (κ3) is 8.63. The van der Waals surface area contributed by atoms with Crippen LogP contribution in [0, 0.1) is 5.82 Å². The van der Waals surface area contributed by atoms with Crippen LogP contribution in [-0.4, -0.2) is 72.3 Å². The van der Waals surface area contributed by atoms with Crippen molar-refractivity contribution in [3.8, 4) is 17.2 Å². The highest BCUT2D eigenvalue weighted by molar-refractivity contribution is 5.99. The number of Topliss-reactive ketones (excluding diaryl/α,β-unsaturated/α-hetero) is 1. The zero-order chi connectivity index (χ0) is 30.3. The standard InChI is InChI=1S/C27H27FO13/c1-13(29)36-23-24(37-14(2)30)26(39-16(4)32)41-27(25(23)38-15(3)31)40-19-9-10-20(21(33)11-19)22(34)12-35-18-7-5-17(28)6-8-18/h5-11,23-27,33H,12H2,1-4H3. The molecule has 1 aliphatic heterocycles. The number of aromatic hydroxyl groups is 1. The van der Waals surface area contributed by atoms with E-state index < -0.39 is 78.7 Å². The van der Waals surface area contributed by atoms with Gasteiger partial charge in [0.2, 0.25) is 30.6 Å². The molecule has 5 atom stereocenters. The fourth-order valence-electron chi connectivity index (χ4n) is 3.80. The molecule has 220 valence electrons. The zero-order valence-electron chi connectivity index (χ0n) is 22.4. The molecular formula is C27H27FO13. The third-order valence-electron chi connectivity index (χ3n) is 5.35. The number of esters is 4. The molecule has 2 aromatic rings. The van der Waals surface area contributed by atoms with E-state index in [9.17, 15) is 33.5 Å². The molecule has 0 aliphatic carbocycles. The summed E-state index contributed by atoms with van der Waals surface area (Å²) in [7, 11) is 0. The van der Waals surface area contributed by atoms with Crippen LogP contribution in [0.15, 0.2) is 42.5 Å². The highest BCUT2D eigenvalue weighted by atomic mass is 19.1. The third-order valence-corrected chi connectivity index (χ3v) is 5.35. The Morgan fingerprint density at radius 3 is 1.78 bits per heavy atom. The Morgan fingerprint density at radius 2 is 1.24 bits per heavy atom. The van der Waals surface area contributed by atoms with Crippen molar-refractivity contribution < 1.29 is 66.6 Å². The maximum absolute atomic E-state index is 13.1. The van der Waals surface area contributed by atoms with Crippen LogP contribution in [0.1, 0.15) is 38.1 Å². The smallest absolute Gasteiger partial charge is 0.305 e. The molecule has 1 heterocycles. The van der Waals surface area contributed by atoms with Crippen LogP contribution in [0.4, 0.5) is 4.39 Å². The Bertz CT molecular complexity index is 1290. The van der Waals surface area contributed by atoms with Crippen molar-refractivity contribution in [1.29, 1.82) is 0 Å². The predicted molar refractivity (Wildman–Crippen MR) is 132 cm³/mol. The van der Waals surface area contributed by atoms with Gasteiger partial charge in [0.15, 0.2) is 12.7 Å². The van der Waals surface area contributed by atoms with Crippen molar-refractivity contribution >= 4 is 29.7 Å². The van der Waals surface area contributed by atoms with Crippen LogP contribution in [0.5, 0.6) is 17.2 Å². The van der Waals surface area contributed by atoms with E-state index in [0.717, 1.165) is 45.9 Å². The molecule has 14 heteroatoms. The molecule has 2 aromatic carbocycles. The van der Waals surface area contributed by atoms with Gasteiger partial charge in [-0.15, -0.1) is 0 Å². The highest BCUT2D eigenvalue weighted by Crippen LogP contribution is 2.33. The minimum atomic E-state index is -1.66. The number of halogens is 1. The van der Waals surface area contributed by atoms with Gasteiger partial charge in [-0.2, -0.15) is 0 Å². The SMILES string of the molecule is CC(=O)OC1OC(Oc2ccc(C(=O)COc3ccc(F)cc3)c(O)c2)C(OC(C)=O)C(OC(C)=O)C1OC(C)=O. The fourth-order valence-corrected chi connectivity index (χ4v) is 3.80. The maximum Gasteiger partial charge on any atom is 0.305 e. The number of phenols is 1. The van der Waals surface area contributed by atoms with E-state index in [1.807, 2.05) is 0 Å². The monoisotopic (exact) mass is 578 g/mol. The topological polar surface area (TPSA) is 170 Å². The van der Waals surface area contributed by atoms with Gasteiger partial charge in [0.25, 0.3) is 0 Å². The summed E-state index contributed by atoms with van der Waals surface area (Å²) >= 11 is 0. The molecule has 0 amide bonds. The van der Waals surface area contributed by atoms with Crippen LogP contribution >= 0.6 is 0 Å². The second-order valence-electron chi connectivity index (χ2n) is 8.67. The van der Waals surface area contributed by atoms with Gasteiger partial charge in [-0.3, -0.25) is 28.7 Å². The summed E-state index contributed by atoms with van der Waals surface area (Å²) in [5.74, 6) is -4.85. The molecule has 0 radical (unpaired) electrons. The highest BCUT2D eigenvalue weighted by Gasteiger charge is 2.54. The van der Waals surface area contributed by atoms with Gasteiger partial charge in [-0.1, -0.05) is 0 Å². The summed E-state index contributed by atoms with van der Waals surface area (Å²) in [6.07, 6.45) is -7.90. The Kier molecular flexibility index (Phi) is 10.2. The minimum absolute atomic E-state index is 0.102. The van der Waals surface area contributed by atoms with Crippen LogP contribution in [0.25, 0.3) is 0 Å². The van der Waals surface area contributed by atoms with E-state index in [4.69, 9.17) is 33.2 Å². The first-order valence-electron chi connectivity index (χ1n) is 12.1. The lowest BCUT2D eigenvalue weighted by Crippen LogP contribution is -2.63.